The van der Waals surface area contributed by atoms with E-state index in [2.05, 4.69) is 13.0 Å². The molecule has 0 aromatic carbocycles. The van der Waals surface area contributed by atoms with Crippen molar-refractivity contribution in [3.8, 4) is 6.07 Å². The Kier molecular flexibility index (Phi) is 5.31. The summed E-state index contributed by atoms with van der Waals surface area (Å²) in [5, 5.41) is 9.08. The summed E-state index contributed by atoms with van der Waals surface area (Å²) >= 11 is 0. The summed E-state index contributed by atoms with van der Waals surface area (Å²) in [5.74, 6) is 0.0512. The first-order valence-electron chi connectivity index (χ1n) is 6.25. The molecule has 16 heavy (non-hydrogen) atoms. The van der Waals surface area contributed by atoms with E-state index in [0.29, 0.717) is 6.61 Å². The van der Waals surface area contributed by atoms with Gasteiger partial charge in [-0.25, -0.2) is 0 Å². The number of carbonyl (C=O) groups excluding carboxylic acids is 1. The summed E-state index contributed by atoms with van der Waals surface area (Å²) in [6.07, 6.45) is 5.45. The molecule has 0 spiro atoms. The average molecular weight is 223 g/mol. The summed E-state index contributed by atoms with van der Waals surface area (Å²) in [6, 6.07) is 2.12. The smallest absolute Gasteiger partial charge is 0.323 e. The Labute approximate surface area is 97.8 Å². The molecule has 0 bridgehead atoms. The molecule has 3 nitrogen and oxygen atoms in total. The van der Waals surface area contributed by atoms with Gasteiger partial charge in [-0.15, -0.1) is 0 Å². The first-order valence-corrected chi connectivity index (χ1v) is 6.25. The third-order valence-electron chi connectivity index (χ3n) is 3.45. The molecule has 0 unspecified atom stereocenters. The number of rotatable bonds is 3. The minimum Gasteiger partial charge on any atom is -0.465 e. The third-order valence-corrected chi connectivity index (χ3v) is 3.45. The van der Waals surface area contributed by atoms with E-state index in [1.54, 1.807) is 6.92 Å². The number of hydrogen-bond donors (Lipinski definition) is 0. The van der Waals surface area contributed by atoms with Crippen LogP contribution in [0.4, 0.5) is 0 Å². The fourth-order valence-corrected chi connectivity index (χ4v) is 2.43. The largest absolute Gasteiger partial charge is 0.465 e. The molecule has 0 saturated heterocycles. The number of ether oxygens (including phenoxy) is 1. The van der Waals surface area contributed by atoms with E-state index in [4.69, 9.17) is 10.00 Å². The molecular formula is C13H21NO2. The monoisotopic (exact) mass is 223 g/mol. The van der Waals surface area contributed by atoms with Gasteiger partial charge in [0.05, 0.1) is 12.7 Å². The van der Waals surface area contributed by atoms with Crippen molar-refractivity contribution < 1.29 is 9.53 Å². The van der Waals surface area contributed by atoms with E-state index in [1.165, 1.54) is 6.42 Å². The summed E-state index contributed by atoms with van der Waals surface area (Å²) in [5.41, 5.74) is 0. The van der Waals surface area contributed by atoms with Gasteiger partial charge in [0.25, 0.3) is 0 Å². The molecule has 1 aliphatic carbocycles. The van der Waals surface area contributed by atoms with Crippen molar-refractivity contribution >= 4 is 5.97 Å². The van der Waals surface area contributed by atoms with Crippen LogP contribution in [0.5, 0.6) is 0 Å². The zero-order valence-corrected chi connectivity index (χ0v) is 10.2. The van der Waals surface area contributed by atoms with Gasteiger partial charge in [0.15, 0.2) is 0 Å². The highest BCUT2D eigenvalue weighted by Crippen LogP contribution is 2.32. The van der Waals surface area contributed by atoms with Crippen molar-refractivity contribution in [2.45, 2.75) is 46.0 Å². The first kappa shape index (κ1) is 13.0. The molecule has 0 aromatic rings. The molecule has 90 valence electrons. The lowest BCUT2D eigenvalue weighted by Gasteiger charge is -2.18. The van der Waals surface area contributed by atoms with Crippen LogP contribution < -0.4 is 0 Å². The van der Waals surface area contributed by atoms with Crippen LogP contribution >= 0.6 is 0 Å². The number of esters is 1. The van der Waals surface area contributed by atoms with Crippen LogP contribution in [0.2, 0.25) is 0 Å². The van der Waals surface area contributed by atoms with Crippen molar-refractivity contribution in [1.29, 1.82) is 5.26 Å². The van der Waals surface area contributed by atoms with Gasteiger partial charge in [-0.05, 0) is 31.6 Å². The van der Waals surface area contributed by atoms with Crippen LogP contribution in [0, 0.1) is 29.1 Å². The van der Waals surface area contributed by atoms with Crippen LogP contribution in [0.15, 0.2) is 0 Å². The van der Waals surface area contributed by atoms with E-state index in [-0.39, 0.29) is 11.9 Å². The highest BCUT2D eigenvalue weighted by atomic mass is 16.5. The number of hydrogen-bond acceptors (Lipinski definition) is 3. The SMILES string of the molecule is CCOC(=O)[C@H](C#N)[C@H]1CCC[C@H](C)CC1. The average Bonchev–Trinajstić information content (AvgIpc) is 2.46. The number of nitriles is 1. The Morgan fingerprint density at radius 1 is 1.44 bits per heavy atom. The maximum Gasteiger partial charge on any atom is 0.323 e. The Morgan fingerprint density at radius 3 is 2.81 bits per heavy atom. The molecule has 0 N–H and O–H groups in total. The van der Waals surface area contributed by atoms with Crippen LogP contribution in [0.25, 0.3) is 0 Å². The molecule has 0 radical (unpaired) electrons. The predicted molar refractivity (Wildman–Crippen MR) is 61.5 cm³/mol. The lowest BCUT2D eigenvalue weighted by atomic mass is 9.87. The quantitative estimate of drug-likeness (QED) is 0.546. The van der Waals surface area contributed by atoms with Crippen LogP contribution in [-0.4, -0.2) is 12.6 Å². The lowest BCUT2D eigenvalue weighted by Crippen LogP contribution is -2.24. The van der Waals surface area contributed by atoms with Gasteiger partial charge in [0, 0.05) is 0 Å². The van der Waals surface area contributed by atoms with E-state index < -0.39 is 5.92 Å². The van der Waals surface area contributed by atoms with Crippen LogP contribution in [0.1, 0.15) is 46.0 Å². The molecule has 3 heteroatoms. The first-order chi connectivity index (χ1) is 7.69. The molecule has 1 aliphatic rings. The highest BCUT2D eigenvalue weighted by molar-refractivity contribution is 5.75. The molecular weight excluding hydrogens is 202 g/mol. The summed E-state index contributed by atoms with van der Waals surface area (Å²) in [4.78, 5) is 11.6. The Bertz CT molecular complexity index is 270. The van der Waals surface area contributed by atoms with Gasteiger partial charge in [-0.2, -0.15) is 5.26 Å². The molecule has 1 saturated carbocycles. The summed E-state index contributed by atoms with van der Waals surface area (Å²) in [6.45, 7) is 4.38. The second kappa shape index (κ2) is 6.52. The molecule has 0 aliphatic heterocycles. The van der Waals surface area contributed by atoms with Crippen LogP contribution in [0.3, 0.4) is 0 Å². The van der Waals surface area contributed by atoms with Gasteiger partial charge >= 0.3 is 5.97 Å². The standard InChI is InChI=1S/C13H21NO2/c1-3-16-13(15)12(9-14)11-6-4-5-10(2)7-8-11/h10-12H,3-8H2,1-2H3/t10-,11-,12+/m0/s1. The zero-order valence-electron chi connectivity index (χ0n) is 10.2. The van der Waals surface area contributed by atoms with Crippen molar-refractivity contribution in [2.75, 3.05) is 6.61 Å². The maximum atomic E-state index is 11.6. The molecule has 0 aromatic heterocycles. The van der Waals surface area contributed by atoms with Crippen LogP contribution in [-0.2, 0) is 9.53 Å². The van der Waals surface area contributed by atoms with Gasteiger partial charge in [0.2, 0.25) is 0 Å². The Morgan fingerprint density at radius 2 is 2.19 bits per heavy atom. The normalized spacial score (nSPS) is 27.6. The second-order valence-corrected chi connectivity index (χ2v) is 4.73. The maximum absolute atomic E-state index is 11.6. The highest BCUT2D eigenvalue weighted by Gasteiger charge is 2.30. The number of carbonyl (C=O) groups is 1. The Hall–Kier alpha value is -1.04. The van der Waals surface area contributed by atoms with Gasteiger partial charge in [0.1, 0.15) is 5.92 Å². The van der Waals surface area contributed by atoms with E-state index >= 15 is 0 Å². The van der Waals surface area contributed by atoms with Gasteiger partial charge in [-0.1, -0.05) is 26.2 Å². The summed E-state index contributed by atoms with van der Waals surface area (Å²) in [7, 11) is 0. The van der Waals surface area contributed by atoms with E-state index in [1.807, 2.05) is 0 Å². The van der Waals surface area contributed by atoms with Crippen molar-refractivity contribution in [2.24, 2.45) is 17.8 Å². The van der Waals surface area contributed by atoms with Crippen molar-refractivity contribution in [1.82, 2.24) is 0 Å². The van der Waals surface area contributed by atoms with Gasteiger partial charge in [-0.3, -0.25) is 4.79 Å². The van der Waals surface area contributed by atoms with E-state index in [9.17, 15) is 4.79 Å². The van der Waals surface area contributed by atoms with E-state index in [0.717, 1.165) is 31.6 Å². The third kappa shape index (κ3) is 3.52. The van der Waals surface area contributed by atoms with Crippen molar-refractivity contribution in [3.05, 3.63) is 0 Å². The minimum absolute atomic E-state index is 0.203. The molecule has 3 atom stereocenters. The second-order valence-electron chi connectivity index (χ2n) is 4.73. The Balaban J connectivity index is 2.58. The zero-order chi connectivity index (χ0) is 12.0. The van der Waals surface area contributed by atoms with Gasteiger partial charge < -0.3 is 4.74 Å². The number of nitrogens with zero attached hydrogens (tertiary/aromatic N) is 1. The molecule has 1 rings (SSSR count). The summed E-state index contributed by atoms with van der Waals surface area (Å²) < 4.78 is 4.95. The van der Waals surface area contributed by atoms with Crippen molar-refractivity contribution in [3.63, 3.8) is 0 Å². The topological polar surface area (TPSA) is 50.1 Å². The lowest BCUT2D eigenvalue weighted by molar-refractivity contribution is -0.147. The molecule has 1 fully saturated rings. The fourth-order valence-electron chi connectivity index (χ4n) is 2.43. The fraction of sp³-hybridized carbons (Fsp3) is 0.846. The minimum atomic E-state index is -0.551. The molecule has 0 amide bonds. The molecule has 0 heterocycles. The predicted octanol–water partition coefficient (Wildman–Crippen LogP) is 2.91.